The number of esters is 1. The number of carbonyl (C=O) groups is 1. The van der Waals surface area contributed by atoms with Gasteiger partial charge in [0.1, 0.15) is 0 Å². The third-order valence-corrected chi connectivity index (χ3v) is 3.36. The summed E-state index contributed by atoms with van der Waals surface area (Å²) < 4.78 is 45.6. The summed E-state index contributed by atoms with van der Waals surface area (Å²) in [4.78, 5) is 15.9. The molecule has 0 spiro atoms. The lowest BCUT2D eigenvalue weighted by Gasteiger charge is -2.12. The van der Waals surface area contributed by atoms with Crippen molar-refractivity contribution in [2.75, 3.05) is 6.61 Å². The molecule has 5 nitrogen and oxygen atoms in total. The van der Waals surface area contributed by atoms with Crippen LogP contribution >= 0.6 is 0 Å². The van der Waals surface area contributed by atoms with Crippen molar-refractivity contribution in [1.29, 1.82) is 0 Å². The van der Waals surface area contributed by atoms with Crippen molar-refractivity contribution >= 4 is 11.6 Å². The van der Waals surface area contributed by atoms with Crippen LogP contribution in [-0.2, 0) is 10.9 Å². The summed E-state index contributed by atoms with van der Waals surface area (Å²) in [6.07, 6.45) is -3.23. The van der Waals surface area contributed by atoms with Gasteiger partial charge in [0.15, 0.2) is 11.3 Å². The van der Waals surface area contributed by atoms with E-state index in [0.29, 0.717) is 5.65 Å². The second-order valence-corrected chi connectivity index (χ2v) is 4.90. The van der Waals surface area contributed by atoms with Gasteiger partial charge in [-0.25, -0.2) is 14.3 Å². The van der Waals surface area contributed by atoms with Crippen LogP contribution in [0.15, 0.2) is 42.6 Å². The minimum Gasteiger partial charge on any atom is -0.461 e. The van der Waals surface area contributed by atoms with E-state index in [1.165, 1.54) is 41.0 Å². The summed E-state index contributed by atoms with van der Waals surface area (Å²) in [7, 11) is 0. The smallest absolute Gasteiger partial charge is 0.417 e. The maximum absolute atomic E-state index is 13.2. The molecule has 0 aliphatic heterocycles. The highest BCUT2D eigenvalue weighted by Crippen LogP contribution is 2.36. The SMILES string of the molecule is CCOC(=O)c1cnc2ccc(-c3ccccc3C(F)(F)F)nn12. The lowest BCUT2D eigenvalue weighted by Crippen LogP contribution is -2.11. The first-order chi connectivity index (χ1) is 11.4. The molecular formula is C16H12F3N3O2. The number of hydrogen-bond donors (Lipinski definition) is 0. The van der Waals surface area contributed by atoms with Gasteiger partial charge in [0, 0.05) is 5.56 Å². The van der Waals surface area contributed by atoms with E-state index in [4.69, 9.17) is 4.74 Å². The fraction of sp³-hybridized carbons (Fsp3) is 0.188. The fourth-order valence-electron chi connectivity index (χ4n) is 2.31. The molecule has 3 rings (SSSR count). The van der Waals surface area contributed by atoms with Gasteiger partial charge in [0.05, 0.1) is 24.1 Å². The lowest BCUT2D eigenvalue weighted by molar-refractivity contribution is -0.137. The molecule has 2 heterocycles. The number of fused-ring (bicyclic) bond motifs is 1. The van der Waals surface area contributed by atoms with Gasteiger partial charge in [0.25, 0.3) is 0 Å². The Labute approximate surface area is 134 Å². The monoisotopic (exact) mass is 335 g/mol. The normalized spacial score (nSPS) is 11.7. The molecule has 0 saturated carbocycles. The quantitative estimate of drug-likeness (QED) is 0.687. The largest absolute Gasteiger partial charge is 0.461 e. The fourth-order valence-corrected chi connectivity index (χ4v) is 2.31. The predicted molar refractivity (Wildman–Crippen MR) is 79.4 cm³/mol. The predicted octanol–water partition coefficient (Wildman–Crippen LogP) is 3.59. The number of imidazole rings is 1. The first kappa shape index (κ1) is 16.0. The minimum atomic E-state index is -4.51. The standard InChI is InChI=1S/C16H12F3N3O2/c1-2-24-15(23)13-9-20-14-8-7-12(21-22(13)14)10-5-3-4-6-11(10)16(17,18)19/h3-9H,2H2,1H3. The van der Waals surface area contributed by atoms with Crippen molar-refractivity contribution in [2.24, 2.45) is 0 Å². The van der Waals surface area contributed by atoms with E-state index in [-0.39, 0.29) is 23.6 Å². The molecule has 0 radical (unpaired) electrons. The average molecular weight is 335 g/mol. The maximum atomic E-state index is 13.2. The number of benzene rings is 1. The van der Waals surface area contributed by atoms with Gasteiger partial charge in [-0.05, 0) is 25.1 Å². The molecule has 2 aromatic heterocycles. The molecule has 24 heavy (non-hydrogen) atoms. The molecule has 3 aromatic rings. The van der Waals surface area contributed by atoms with Gasteiger partial charge >= 0.3 is 12.1 Å². The average Bonchev–Trinajstić information content (AvgIpc) is 2.97. The van der Waals surface area contributed by atoms with Crippen molar-refractivity contribution in [3.63, 3.8) is 0 Å². The second-order valence-electron chi connectivity index (χ2n) is 4.90. The van der Waals surface area contributed by atoms with Crippen molar-refractivity contribution in [2.45, 2.75) is 13.1 Å². The van der Waals surface area contributed by atoms with E-state index in [9.17, 15) is 18.0 Å². The molecule has 1 aromatic carbocycles. The second kappa shape index (κ2) is 5.95. The van der Waals surface area contributed by atoms with Gasteiger partial charge in [-0.2, -0.15) is 18.3 Å². The van der Waals surface area contributed by atoms with E-state index >= 15 is 0 Å². The highest BCUT2D eigenvalue weighted by Gasteiger charge is 2.33. The van der Waals surface area contributed by atoms with E-state index in [1.54, 1.807) is 6.92 Å². The van der Waals surface area contributed by atoms with Crippen LogP contribution in [0.1, 0.15) is 23.0 Å². The minimum absolute atomic E-state index is 0.0539. The van der Waals surface area contributed by atoms with E-state index in [1.807, 2.05) is 0 Å². The molecule has 124 valence electrons. The molecule has 0 aliphatic rings. The summed E-state index contributed by atoms with van der Waals surface area (Å²) in [5, 5.41) is 4.14. The van der Waals surface area contributed by atoms with Gasteiger partial charge < -0.3 is 4.74 Å². The van der Waals surface area contributed by atoms with E-state index < -0.39 is 17.7 Å². The first-order valence-electron chi connectivity index (χ1n) is 7.10. The Balaban J connectivity index is 2.16. The molecular weight excluding hydrogens is 323 g/mol. The summed E-state index contributed by atoms with van der Waals surface area (Å²) in [5.41, 5.74) is -0.395. The third-order valence-electron chi connectivity index (χ3n) is 3.36. The number of aromatic nitrogens is 3. The van der Waals surface area contributed by atoms with Gasteiger partial charge in [-0.3, -0.25) is 0 Å². The summed E-state index contributed by atoms with van der Waals surface area (Å²) in [5.74, 6) is -0.640. The Bertz CT molecular complexity index is 903. The van der Waals surface area contributed by atoms with Crippen LogP contribution in [0.5, 0.6) is 0 Å². The van der Waals surface area contributed by atoms with Crippen molar-refractivity contribution in [3.8, 4) is 11.3 Å². The van der Waals surface area contributed by atoms with Crippen LogP contribution in [0.4, 0.5) is 13.2 Å². The van der Waals surface area contributed by atoms with Crippen LogP contribution in [0, 0.1) is 0 Å². The number of halogens is 3. The van der Waals surface area contributed by atoms with Crippen molar-refractivity contribution in [1.82, 2.24) is 14.6 Å². The number of carbonyl (C=O) groups excluding carboxylic acids is 1. The zero-order chi connectivity index (χ0) is 17.3. The molecule has 0 fully saturated rings. The van der Waals surface area contributed by atoms with Gasteiger partial charge in [-0.1, -0.05) is 18.2 Å². The maximum Gasteiger partial charge on any atom is 0.417 e. The zero-order valence-corrected chi connectivity index (χ0v) is 12.5. The van der Waals surface area contributed by atoms with Crippen molar-refractivity contribution in [3.05, 3.63) is 53.9 Å². The Morgan fingerprint density at radius 1 is 1.21 bits per heavy atom. The molecule has 0 bridgehead atoms. The van der Waals surface area contributed by atoms with Gasteiger partial charge in [0.2, 0.25) is 0 Å². The van der Waals surface area contributed by atoms with Gasteiger partial charge in [-0.15, -0.1) is 0 Å². The lowest BCUT2D eigenvalue weighted by atomic mass is 10.0. The highest BCUT2D eigenvalue weighted by atomic mass is 19.4. The zero-order valence-electron chi connectivity index (χ0n) is 12.5. The van der Waals surface area contributed by atoms with Crippen molar-refractivity contribution < 1.29 is 22.7 Å². The molecule has 0 unspecified atom stereocenters. The van der Waals surface area contributed by atoms with E-state index in [0.717, 1.165) is 6.07 Å². The summed E-state index contributed by atoms with van der Waals surface area (Å²) in [6, 6.07) is 8.06. The molecule has 0 atom stereocenters. The molecule has 0 saturated heterocycles. The molecule has 0 aliphatic carbocycles. The van der Waals surface area contributed by atoms with Crippen LogP contribution in [-0.4, -0.2) is 27.2 Å². The Morgan fingerprint density at radius 2 is 1.96 bits per heavy atom. The van der Waals surface area contributed by atoms with Crippen LogP contribution in [0.25, 0.3) is 16.9 Å². The number of hydrogen-bond acceptors (Lipinski definition) is 4. The van der Waals surface area contributed by atoms with Crippen LogP contribution in [0.2, 0.25) is 0 Å². The number of rotatable bonds is 3. The number of ether oxygens (including phenoxy) is 1. The first-order valence-corrected chi connectivity index (χ1v) is 7.10. The molecule has 0 N–H and O–H groups in total. The number of nitrogens with zero attached hydrogens (tertiary/aromatic N) is 3. The molecule has 0 amide bonds. The van der Waals surface area contributed by atoms with E-state index in [2.05, 4.69) is 10.1 Å². The highest BCUT2D eigenvalue weighted by molar-refractivity contribution is 5.88. The molecule has 8 heteroatoms. The Hall–Kier alpha value is -2.90. The Morgan fingerprint density at radius 3 is 2.67 bits per heavy atom. The third kappa shape index (κ3) is 2.82. The summed E-state index contributed by atoms with van der Waals surface area (Å²) >= 11 is 0. The summed E-state index contributed by atoms with van der Waals surface area (Å²) in [6.45, 7) is 1.82. The number of alkyl halides is 3. The topological polar surface area (TPSA) is 56.5 Å². The van der Waals surface area contributed by atoms with Crippen LogP contribution < -0.4 is 0 Å². The Kier molecular flexibility index (Phi) is 3.96. The van der Waals surface area contributed by atoms with Crippen LogP contribution in [0.3, 0.4) is 0 Å².